The van der Waals surface area contributed by atoms with Crippen molar-refractivity contribution in [2.45, 2.75) is 56.2 Å². The third-order valence-electron chi connectivity index (χ3n) is 5.35. The maximum absolute atomic E-state index is 12.7. The van der Waals surface area contributed by atoms with Gasteiger partial charge in [-0.25, -0.2) is 13.1 Å². The van der Waals surface area contributed by atoms with Crippen LogP contribution >= 0.6 is 12.4 Å². The van der Waals surface area contributed by atoms with E-state index in [1.54, 1.807) is 6.92 Å². The summed E-state index contributed by atoms with van der Waals surface area (Å²) in [7, 11) is -2.40. The standard InChI is InChI=1S/C16H25N3O4S.ClH/c1-9-13(8-14(23-9)24(21,22)18-2)16(20)19-15-10-4-3-5-11(15)7-12(17)6-10;/h8,10-12,15,18H,3-7,17H2,1-2H3,(H,19,20);1H. The minimum absolute atomic E-state index is 0. The monoisotopic (exact) mass is 391 g/mol. The second kappa shape index (κ2) is 7.65. The van der Waals surface area contributed by atoms with E-state index in [-0.39, 0.29) is 41.1 Å². The molecule has 2 atom stereocenters. The minimum Gasteiger partial charge on any atom is -0.448 e. The molecule has 4 N–H and O–H groups in total. The first-order valence-electron chi connectivity index (χ1n) is 8.42. The van der Waals surface area contributed by atoms with Crippen LogP contribution in [0, 0.1) is 18.8 Å². The zero-order chi connectivity index (χ0) is 17.5. The topological polar surface area (TPSA) is 114 Å². The van der Waals surface area contributed by atoms with Crippen molar-refractivity contribution in [2.24, 2.45) is 17.6 Å². The fraction of sp³-hybridized carbons (Fsp3) is 0.688. The number of sulfonamides is 1. The van der Waals surface area contributed by atoms with Crippen LogP contribution in [0.25, 0.3) is 0 Å². The van der Waals surface area contributed by atoms with Crippen LogP contribution in [-0.4, -0.2) is 33.5 Å². The van der Waals surface area contributed by atoms with Crippen molar-refractivity contribution in [2.75, 3.05) is 7.05 Å². The highest BCUT2D eigenvalue weighted by Gasteiger charge is 2.40. The average molecular weight is 392 g/mol. The predicted octanol–water partition coefficient (Wildman–Crippen LogP) is 1.55. The van der Waals surface area contributed by atoms with Gasteiger partial charge in [0.2, 0.25) is 5.09 Å². The number of halogens is 1. The summed E-state index contributed by atoms with van der Waals surface area (Å²) in [4.78, 5) is 12.7. The third kappa shape index (κ3) is 4.02. The van der Waals surface area contributed by atoms with Gasteiger partial charge in [-0.15, -0.1) is 12.4 Å². The minimum atomic E-state index is -3.70. The quantitative estimate of drug-likeness (QED) is 0.720. The van der Waals surface area contributed by atoms with Crippen LogP contribution < -0.4 is 15.8 Å². The Labute approximate surface area is 154 Å². The van der Waals surface area contributed by atoms with E-state index in [1.807, 2.05) is 0 Å². The Morgan fingerprint density at radius 1 is 1.28 bits per heavy atom. The molecule has 0 saturated heterocycles. The number of amides is 1. The first-order chi connectivity index (χ1) is 11.3. The summed E-state index contributed by atoms with van der Waals surface area (Å²) in [6.07, 6.45) is 5.22. The Balaban J connectivity index is 0.00000225. The van der Waals surface area contributed by atoms with Gasteiger partial charge in [-0.1, -0.05) is 6.42 Å². The normalized spacial score (nSPS) is 28.9. The average Bonchev–Trinajstić information content (AvgIpc) is 2.91. The molecule has 25 heavy (non-hydrogen) atoms. The second-order valence-electron chi connectivity index (χ2n) is 6.92. The van der Waals surface area contributed by atoms with E-state index in [2.05, 4.69) is 10.0 Å². The van der Waals surface area contributed by atoms with Crippen LogP contribution in [-0.2, 0) is 10.0 Å². The van der Waals surface area contributed by atoms with Crippen molar-refractivity contribution in [1.82, 2.24) is 10.0 Å². The molecular weight excluding hydrogens is 366 g/mol. The van der Waals surface area contributed by atoms with Gasteiger partial charge in [0.25, 0.3) is 15.9 Å². The first-order valence-corrected chi connectivity index (χ1v) is 9.90. The Hall–Kier alpha value is -1.09. The molecule has 1 heterocycles. The summed E-state index contributed by atoms with van der Waals surface area (Å²) in [6.45, 7) is 1.60. The smallest absolute Gasteiger partial charge is 0.273 e. The SMILES string of the molecule is CNS(=O)(=O)c1cc(C(=O)NC2C3CCCC2CC(N)C3)c(C)o1.Cl. The fourth-order valence-electron chi connectivity index (χ4n) is 4.17. The summed E-state index contributed by atoms with van der Waals surface area (Å²) >= 11 is 0. The number of nitrogens with two attached hydrogens (primary N) is 1. The summed E-state index contributed by atoms with van der Waals surface area (Å²) in [6, 6.07) is 1.63. The van der Waals surface area contributed by atoms with E-state index in [9.17, 15) is 13.2 Å². The highest BCUT2D eigenvalue weighted by Crippen LogP contribution is 2.39. The number of hydrogen-bond acceptors (Lipinski definition) is 5. The molecule has 2 saturated carbocycles. The lowest BCUT2D eigenvalue weighted by Gasteiger charge is -2.45. The van der Waals surface area contributed by atoms with Crippen molar-refractivity contribution in [3.8, 4) is 0 Å². The number of aryl methyl sites for hydroxylation is 1. The summed E-state index contributed by atoms with van der Waals surface area (Å²) in [5.74, 6) is 0.846. The van der Waals surface area contributed by atoms with Crippen molar-refractivity contribution >= 4 is 28.3 Å². The van der Waals surface area contributed by atoms with E-state index in [1.165, 1.54) is 19.5 Å². The molecule has 1 aromatic heterocycles. The molecule has 9 heteroatoms. The molecule has 2 bridgehead atoms. The molecule has 0 aromatic carbocycles. The largest absolute Gasteiger partial charge is 0.448 e. The Bertz CT molecular complexity index is 720. The maximum Gasteiger partial charge on any atom is 0.273 e. The van der Waals surface area contributed by atoms with Crippen LogP contribution in [0.15, 0.2) is 15.6 Å². The Kier molecular flexibility index (Phi) is 6.19. The van der Waals surface area contributed by atoms with Gasteiger partial charge in [0.05, 0.1) is 5.56 Å². The predicted molar refractivity (Wildman–Crippen MR) is 96.2 cm³/mol. The van der Waals surface area contributed by atoms with Crippen LogP contribution in [0.3, 0.4) is 0 Å². The van der Waals surface area contributed by atoms with E-state index in [0.29, 0.717) is 17.6 Å². The van der Waals surface area contributed by atoms with Crippen molar-refractivity contribution in [3.05, 3.63) is 17.4 Å². The Morgan fingerprint density at radius 2 is 1.88 bits per heavy atom. The van der Waals surface area contributed by atoms with Gasteiger partial charge >= 0.3 is 0 Å². The molecule has 2 aliphatic carbocycles. The molecular formula is C16H26ClN3O4S. The molecule has 2 fully saturated rings. The van der Waals surface area contributed by atoms with Crippen LogP contribution in [0.5, 0.6) is 0 Å². The van der Waals surface area contributed by atoms with Gasteiger partial charge in [0, 0.05) is 18.2 Å². The number of carbonyl (C=O) groups is 1. The van der Waals surface area contributed by atoms with Gasteiger partial charge in [-0.2, -0.15) is 0 Å². The van der Waals surface area contributed by atoms with E-state index < -0.39 is 10.0 Å². The molecule has 0 radical (unpaired) electrons. The van der Waals surface area contributed by atoms with Gasteiger partial charge in [-0.3, -0.25) is 4.79 Å². The highest BCUT2D eigenvalue weighted by atomic mass is 35.5. The summed E-state index contributed by atoms with van der Waals surface area (Å²) in [5, 5.41) is 2.87. The zero-order valence-corrected chi connectivity index (χ0v) is 16.1. The van der Waals surface area contributed by atoms with Crippen molar-refractivity contribution in [3.63, 3.8) is 0 Å². The molecule has 2 unspecified atom stereocenters. The summed E-state index contributed by atoms with van der Waals surface area (Å²) < 4.78 is 31.1. The number of hydrogen-bond donors (Lipinski definition) is 3. The molecule has 0 aliphatic heterocycles. The van der Waals surface area contributed by atoms with E-state index in [0.717, 1.165) is 25.7 Å². The zero-order valence-electron chi connectivity index (χ0n) is 14.4. The molecule has 142 valence electrons. The lowest BCUT2D eigenvalue weighted by Crippen LogP contribution is -2.53. The molecule has 7 nitrogen and oxygen atoms in total. The first kappa shape index (κ1) is 20.2. The maximum atomic E-state index is 12.7. The van der Waals surface area contributed by atoms with Gasteiger partial charge in [-0.05, 0) is 51.5 Å². The third-order valence-corrected chi connectivity index (χ3v) is 6.62. The number of rotatable bonds is 4. The molecule has 1 aromatic rings. The number of carbonyl (C=O) groups excluding carboxylic acids is 1. The van der Waals surface area contributed by atoms with Gasteiger partial charge in [0.15, 0.2) is 0 Å². The fourth-order valence-corrected chi connectivity index (χ4v) is 4.88. The molecule has 1 amide bonds. The lowest BCUT2D eigenvalue weighted by molar-refractivity contribution is 0.0754. The molecule has 2 aliphatic rings. The van der Waals surface area contributed by atoms with Crippen LogP contribution in [0.4, 0.5) is 0 Å². The molecule has 3 rings (SSSR count). The van der Waals surface area contributed by atoms with E-state index >= 15 is 0 Å². The Morgan fingerprint density at radius 3 is 2.44 bits per heavy atom. The number of nitrogens with one attached hydrogen (secondary N) is 2. The summed E-state index contributed by atoms with van der Waals surface area (Å²) in [5.41, 5.74) is 6.39. The van der Waals surface area contributed by atoms with Crippen LogP contribution in [0.1, 0.15) is 48.2 Å². The van der Waals surface area contributed by atoms with Crippen molar-refractivity contribution in [1.29, 1.82) is 0 Å². The molecule has 0 spiro atoms. The number of fused-ring (bicyclic) bond motifs is 2. The van der Waals surface area contributed by atoms with Gasteiger partial charge in [0.1, 0.15) is 5.76 Å². The van der Waals surface area contributed by atoms with Gasteiger partial charge < -0.3 is 15.5 Å². The van der Waals surface area contributed by atoms with Crippen LogP contribution in [0.2, 0.25) is 0 Å². The lowest BCUT2D eigenvalue weighted by atomic mass is 9.67. The number of furan rings is 1. The highest BCUT2D eigenvalue weighted by molar-refractivity contribution is 7.89. The second-order valence-corrected chi connectivity index (χ2v) is 8.74. The van der Waals surface area contributed by atoms with E-state index in [4.69, 9.17) is 10.2 Å². The van der Waals surface area contributed by atoms with Crippen molar-refractivity contribution < 1.29 is 17.6 Å².